The maximum Gasteiger partial charge on any atom is 0.244 e. The molecule has 0 amide bonds. The summed E-state index contributed by atoms with van der Waals surface area (Å²) >= 11 is 6.13. The fourth-order valence-electron chi connectivity index (χ4n) is 2.38. The quantitative estimate of drug-likeness (QED) is 0.932. The van der Waals surface area contributed by atoms with E-state index in [-0.39, 0.29) is 16.9 Å². The van der Waals surface area contributed by atoms with E-state index >= 15 is 0 Å². The lowest BCUT2D eigenvalue weighted by molar-refractivity contribution is 0.284. The number of hydrogen-bond donors (Lipinski definition) is 1. The summed E-state index contributed by atoms with van der Waals surface area (Å²) in [5, 5.41) is 3.48. The highest BCUT2D eigenvalue weighted by Gasteiger charge is 2.32. The molecule has 1 saturated heterocycles. The van der Waals surface area contributed by atoms with Crippen LogP contribution in [0.4, 0.5) is 0 Å². The number of nitrogens with one attached hydrogen (secondary N) is 1. The number of rotatable bonds is 3. The summed E-state index contributed by atoms with van der Waals surface area (Å²) < 4.78 is 27.2. The van der Waals surface area contributed by atoms with E-state index in [4.69, 9.17) is 11.6 Å². The molecule has 112 valence electrons. The van der Waals surface area contributed by atoms with Crippen molar-refractivity contribution in [3.8, 4) is 0 Å². The Kier molecular flexibility index (Phi) is 4.74. The van der Waals surface area contributed by atoms with E-state index < -0.39 is 10.0 Å². The molecule has 1 aliphatic heterocycles. The molecule has 1 N–H and O–H groups in total. The van der Waals surface area contributed by atoms with Crippen molar-refractivity contribution < 1.29 is 8.42 Å². The summed E-state index contributed by atoms with van der Waals surface area (Å²) in [6.45, 7) is 7.79. The molecule has 0 bridgehead atoms. The van der Waals surface area contributed by atoms with Crippen LogP contribution in [0.1, 0.15) is 32.3 Å². The van der Waals surface area contributed by atoms with Gasteiger partial charge in [0.2, 0.25) is 10.0 Å². The lowest BCUT2D eigenvalue weighted by Gasteiger charge is -2.33. The Balaban J connectivity index is 2.45. The molecule has 1 aromatic carbocycles. The first kappa shape index (κ1) is 15.8. The molecule has 1 heterocycles. The maximum absolute atomic E-state index is 12.8. The van der Waals surface area contributed by atoms with Gasteiger partial charge in [0.25, 0.3) is 0 Å². The molecule has 6 heteroatoms. The lowest BCUT2D eigenvalue weighted by atomic mass is 10.0. The van der Waals surface area contributed by atoms with Gasteiger partial charge in [0.15, 0.2) is 0 Å². The van der Waals surface area contributed by atoms with Crippen LogP contribution >= 0.6 is 11.6 Å². The predicted molar refractivity (Wildman–Crippen MR) is 81.8 cm³/mol. The average Bonchev–Trinajstić information content (AvgIpc) is 2.39. The molecule has 1 aliphatic rings. The molecule has 2 rings (SSSR count). The minimum atomic E-state index is -3.54. The molecule has 0 saturated carbocycles. The van der Waals surface area contributed by atoms with E-state index in [0.717, 1.165) is 5.56 Å². The van der Waals surface area contributed by atoms with Gasteiger partial charge < -0.3 is 5.32 Å². The van der Waals surface area contributed by atoms with Gasteiger partial charge in [-0.05, 0) is 30.5 Å². The van der Waals surface area contributed by atoms with Crippen LogP contribution in [0.2, 0.25) is 5.02 Å². The first-order valence-corrected chi connectivity index (χ1v) is 8.68. The van der Waals surface area contributed by atoms with Crippen molar-refractivity contribution in [2.75, 3.05) is 19.6 Å². The fraction of sp³-hybridized carbons (Fsp3) is 0.571. The standard InChI is InChI=1S/C14H21ClN2O2S/c1-10(2)12-4-5-13(15)14(8-12)20(18,19)17-7-6-16-9-11(17)3/h4-5,8,10-11,16H,6-7,9H2,1-3H3/t11-/m0/s1. The Morgan fingerprint density at radius 2 is 2.10 bits per heavy atom. The highest BCUT2D eigenvalue weighted by atomic mass is 35.5. The molecule has 20 heavy (non-hydrogen) atoms. The normalized spacial score (nSPS) is 21.4. The zero-order chi connectivity index (χ0) is 14.9. The second-order valence-corrected chi connectivity index (χ2v) is 7.78. The summed E-state index contributed by atoms with van der Waals surface area (Å²) in [5.74, 6) is 0.265. The minimum absolute atomic E-state index is 0.0625. The van der Waals surface area contributed by atoms with Crippen molar-refractivity contribution >= 4 is 21.6 Å². The van der Waals surface area contributed by atoms with E-state index in [1.165, 1.54) is 4.31 Å². The van der Waals surface area contributed by atoms with E-state index in [0.29, 0.717) is 24.7 Å². The number of piperazine rings is 1. The van der Waals surface area contributed by atoms with Gasteiger partial charge in [-0.25, -0.2) is 8.42 Å². The van der Waals surface area contributed by atoms with Crippen LogP contribution in [-0.2, 0) is 10.0 Å². The Morgan fingerprint density at radius 1 is 1.40 bits per heavy atom. The van der Waals surface area contributed by atoms with Crippen molar-refractivity contribution in [3.05, 3.63) is 28.8 Å². The summed E-state index contributed by atoms with van der Waals surface area (Å²) in [6, 6.07) is 5.20. The van der Waals surface area contributed by atoms with Gasteiger partial charge in [-0.2, -0.15) is 4.31 Å². The third kappa shape index (κ3) is 3.01. The third-order valence-electron chi connectivity index (χ3n) is 3.65. The van der Waals surface area contributed by atoms with Crippen molar-refractivity contribution in [2.24, 2.45) is 0 Å². The molecular weight excluding hydrogens is 296 g/mol. The second-order valence-electron chi connectivity index (χ2n) is 5.51. The molecule has 4 nitrogen and oxygen atoms in total. The van der Waals surface area contributed by atoms with Crippen LogP contribution in [0.3, 0.4) is 0 Å². The monoisotopic (exact) mass is 316 g/mol. The zero-order valence-corrected chi connectivity index (χ0v) is 13.6. The Hall–Kier alpha value is -0.620. The molecule has 0 aliphatic carbocycles. The van der Waals surface area contributed by atoms with E-state index in [9.17, 15) is 8.42 Å². The molecule has 1 atom stereocenters. The number of halogens is 1. The predicted octanol–water partition coefficient (Wildman–Crippen LogP) is 2.45. The SMILES string of the molecule is CC(C)c1ccc(Cl)c(S(=O)(=O)N2CCNC[C@@H]2C)c1. The molecule has 0 aromatic heterocycles. The van der Waals surface area contributed by atoms with Crippen molar-refractivity contribution in [3.63, 3.8) is 0 Å². The van der Waals surface area contributed by atoms with Crippen LogP contribution < -0.4 is 5.32 Å². The minimum Gasteiger partial charge on any atom is -0.314 e. The average molecular weight is 317 g/mol. The molecule has 1 aromatic rings. The summed E-state index contributed by atoms with van der Waals surface area (Å²) in [4.78, 5) is 0.221. The van der Waals surface area contributed by atoms with Crippen LogP contribution in [0.25, 0.3) is 0 Å². The summed E-state index contributed by atoms with van der Waals surface area (Å²) in [5.41, 5.74) is 0.982. The number of hydrogen-bond acceptors (Lipinski definition) is 3. The molecular formula is C14H21ClN2O2S. The Morgan fingerprint density at radius 3 is 2.70 bits per heavy atom. The van der Waals surface area contributed by atoms with Crippen LogP contribution in [0.5, 0.6) is 0 Å². The van der Waals surface area contributed by atoms with E-state index in [1.54, 1.807) is 12.1 Å². The van der Waals surface area contributed by atoms with Crippen LogP contribution in [-0.4, -0.2) is 38.4 Å². The zero-order valence-electron chi connectivity index (χ0n) is 12.1. The molecule has 0 spiro atoms. The van der Waals surface area contributed by atoms with Crippen molar-refractivity contribution in [1.82, 2.24) is 9.62 Å². The van der Waals surface area contributed by atoms with Gasteiger partial charge in [-0.15, -0.1) is 0 Å². The highest BCUT2D eigenvalue weighted by Crippen LogP contribution is 2.29. The first-order chi connectivity index (χ1) is 9.34. The van der Waals surface area contributed by atoms with Gasteiger partial charge in [0.05, 0.1) is 5.02 Å². The second kappa shape index (κ2) is 6.02. The lowest BCUT2D eigenvalue weighted by Crippen LogP contribution is -2.52. The first-order valence-electron chi connectivity index (χ1n) is 6.86. The molecule has 0 unspecified atom stereocenters. The van der Waals surface area contributed by atoms with Gasteiger partial charge in [0.1, 0.15) is 4.90 Å². The Labute approximate surface area is 126 Å². The Bertz CT molecular complexity index is 587. The summed E-state index contributed by atoms with van der Waals surface area (Å²) in [7, 11) is -3.54. The van der Waals surface area contributed by atoms with Gasteiger partial charge in [-0.1, -0.05) is 31.5 Å². The van der Waals surface area contributed by atoms with Crippen LogP contribution in [0.15, 0.2) is 23.1 Å². The van der Waals surface area contributed by atoms with Gasteiger partial charge in [0, 0.05) is 25.7 Å². The van der Waals surface area contributed by atoms with Crippen LogP contribution in [0, 0.1) is 0 Å². The maximum atomic E-state index is 12.8. The van der Waals surface area contributed by atoms with E-state index in [2.05, 4.69) is 5.32 Å². The number of sulfonamides is 1. The largest absolute Gasteiger partial charge is 0.314 e. The van der Waals surface area contributed by atoms with Crippen molar-refractivity contribution in [1.29, 1.82) is 0 Å². The van der Waals surface area contributed by atoms with E-state index in [1.807, 2.05) is 26.8 Å². The summed E-state index contributed by atoms with van der Waals surface area (Å²) in [6.07, 6.45) is 0. The topological polar surface area (TPSA) is 49.4 Å². The third-order valence-corrected chi connectivity index (χ3v) is 6.14. The highest BCUT2D eigenvalue weighted by molar-refractivity contribution is 7.89. The molecule has 0 radical (unpaired) electrons. The number of nitrogens with zero attached hydrogens (tertiary/aromatic N) is 1. The fourth-order valence-corrected chi connectivity index (χ4v) is 4.52. The smallest absolute Gasteiger partial charge is 0.244 e. The van der Waals surface area contributed by atoms with Crippen molar-refractivity contribution in [2.45, 2.75) is 37.6 Å². The molecule has 1 fully saturated rings. The van der Waals surface area contributed by atoms with Gasteiger partial charge in [-0.3, -0.25) is 0 Å². The number of benzene rings is 1. The van der Waals surface area contributed by atoms with Gasteiger partial charge >= 0.3 is 0 Å².